The Morgan fingerprint density at radius 1 is 1.45 bits per heavy atom. The monoisotopic (exact) mass is 292 g/mol. The van der Waals surface area contributed by atoms with Gasteiger partial charge in [0.1, 0.15) is 6.54 Å². The van der Waals surface area contributed by atoms with Gasteiger partial charge >= 0.3 is 0 Å². The number of nitrogens with one attached hydrogen (secondary N) is 1. The molecule has 0 bridgehead atoms. The summed E-state index contributed by atoms with van der Waals surface area (Å²) in [6.45, 7) is 6.21. The van der Waals surface area contributed by atoms with Gasteiger partial charge in [-0.1, -0.05) is 23.8 Å². The molecular formula is C15H20N2O2S. The van der Waals surface area contributed by atoms with E-state index in [0.717, 1.165) is 11.1 Å². The van der Waals surface area contributed by atoms with E-state index in [1.54, 1.807) is 16.7 Å². The first kappa shape index (κ1) is 14.9. The number of carbonyl (C=O) groups excluding carboxylic acids is 2. The molecule has 1 fully saturated rings. The minimum absolute atomic E-state index is 0.0459. The fourth-order valence-electron chi connectivity index (χ4n) is 2.30. The summed E-state index contributed by atoms with van der Waals surface area (Å²) >= 11 is 1.55. The molecule has 5 heteroatoms. The summed E-state index contributed by atoms with van der Waals surface area (Å²) in [6, 6.07) is 6.17. The smallest absolute Gasteiger partial charge is 0.240 e. The minimum Gasteiger partial charge on any atom is -0.348 e. The van der Waals surface area contributed by atoms with Crippen molar-refractivity contribution in [2.45, 2.75) is 26.8 Å². The molecule has 1 aliphatic heterocycles. The molecule has 1 heterocycles. The molecule has 20 heavy (non-hydrogen) atoms. The average Bonchev–Trinajstić information content (AvgIpc) is 2.77. The van der Waals surface area contributed by atoms with E-state index >= 15 is 0 Å². The zero-order chi connectivity index (χ0) is 14.7. The molecule has 0 unspecified atom stereocenters. The standard InChI is InChI=1S/C15H20N2O2S/c1-10-4-5-11(2)13(6-10)12(3)16-14(18)7-17-9-20-8-15(17)19/h4-6,12H,7-9H2,1-3H3,(H,16,18)/t12-/m1/s1. The Labute approximate surface area is 123 Å². The average molecular weight is 292 g/mol. The van der Waals surface area contributed by atoms with Crippen LogP contribution in [0.4, 0.5) is 0 Å². The topological polar surface area (TPSA) is 49.4 Å². The van der Waals surface area contributed by atoms with Crippen molar-refractivity contribution in [3.8, 4) is 0 Å². The van der Waals surface area contributed by atoms with E-state index in [2.05, 4.69) is 23.5 Å². The summed E-state index contributed by atoms with van der Waals surface area (Å²) in [6.07, 6.45) is 0. The van der Waals surface area contributed by atoms with Gasteiger partial charge in [0.2, 0.25) is 11.8 Å². The molecule has 2 rings (SSSR count). The minimum atomic E-state index is -0.103. The summed E-state index contributed by atoms with van der Waals surface area (Å²) in [5, 5.41) is 2.97. The van der Waals surface area contributed by atoms with Gasteiger partial charge in [-0.3, -0.25) is 9.59 Å². The highest BCUT2D eigenvalue weighted by Crippen LogP contribution is 2.19. The van der Waals surface area contributed by atoms with Crippen LogP contribution in [0.2, 0.25) is 0 Å². The van der Waals surface area contributed by atoms with Gasteiger partial charge in [0.25, 0.3) is 0 Å². The number of rotatable bonds is 4. The maximum absolute atomic E-state index is 12.0. The largest absolute Gasteiger partial charge is 0.348 e. The molecule has 0 radical (unpaired) electrons. The molecule has 1 aromatic carbocycles. The van der Waals surface area contributed by atoms with Crippen molar-refractivity contribution in [3.05, 3.63) is 34.9 Å². The lowest BCUT2D eigenvalue weighted by atomic mass is 10.00. The fraction of sp³-hybridized carbons (Fsp3) is 0.467. The van der Waals surface area contributed by atoms with E-state index in [9.17, 15) is 9.59 Å². The molecule has 0 aromatic heterocycles. The summed E-state index contributed by atoms with van der Waals surface area (Å²) < 4.78 is 0. The third-order valence-electron chi connectivity index (χ3n) is 3.44. The Morgan fingerprint density at radius 2 is 2.20 bits per heavy atom. The van der Waals surface area contributed by atoms with Gasteiger partial charge in [-0.25, -0.2) is 0 Å². The van der Waals surface area contributed by atoms with Crippen molar-refractivity contribution in [1.29, 1.82) is 0 Å². The Bertz CT molecular complexity index is 531. The van der Waals surface area contributed by atoms with Crippen LogP contribution >= 0.6 is 11.8 Å². The number of benzene rings is 1. The Morgan fingerprint density at radius 3 is 2.85 bits per heavy atom. The predicted molar refractivity (Wildman–Crippen MR) is 81.5 cm³/mol. The highest BCUT2D eigenvalue weighted by molar-refractivity contribution is 8.00. The molecule has 1 atom stereocenters. The van der Waals surface area contributed by atoms with E-state index in [-0.39, 0.29) is 24.4 Å². The first-order valence-electron chi connectivity index (χ1n) is 6.69. The van der Waals surface area contributed by atoms with Gasteiger partial charge in [0.15, 0.2) is 0 Å². The van der Waals surface area contributed by atoms with E-state index in [0.29, 0.717) is 11.6 Å². The molecule has 108 valence electrons. The quantitative estimate of drug-likeness (QED) is 0.923. The summed E-state index contributed by atoms with van der Waals surface area (Å²) in [5.41, 5.74) is 3.47. The van der Waals surface area contributed by atoms with E-state index in [4.69, 9.17) is 0 Å². The molecular weight excluding hydrogens is 272 g/mol. The van der Waals surface area contributed by atoms with Gasteiger partial charge in [-0.2, -0.15) is 0 Å². The fourth-order valence-corrected chi connectivity index (χ4v) is 3.21. The van der Waals surface area contributed by atoms with Crippen LogP contribution in [0.25, 0.3) is 0 Å². The zero-order valence-electron chi connectivity index (χ0n) is 12.1. The van der Waals surface area contributed by atoms with Crippen molar-refractivity contribution in [3.63, 3.8) is 0 Å². The van der Waals surface area contributed by atoms with Crippen LogP contribution in [0.3, 0.4) is 0 Å². The molecule has 2 amide bonds. The molecule has 1 saturated heterocycles. The summed E-state index contributed by atoms with van der Waals surface area (Å²) in [4.78, 5) is 25.1. The van der Waals surface area contributed by atoms with Gasteiger partial charge in [-0.05, 0) is 31.9 Å². The summed E-state index contributed by atoms with van der Waals surface area (Å²) in [7, 11) is 0. The molecule has 1 aromatic rings. The second-order valence-electron chi connectivity index (χ2n) is 5.22. The van der Waals surface area contributed by atoms with Crippen LogP contribution in [0, 0.1) is 13.8 Å². The van der Waals surface area contributed by atoms with Crippen molar-refractivity contribution in [2.75, 3.05) is 18.2 Å². The Hall–Kier alpha value is -1.49. The highest BCUT2D eigenvalue weighted by Gasteiger charge is 2.23. The number of aryl methyl sites for hydroxylation is 2. The van der Waals surface area contributed by atoms with Crippen molar-refractivity contribution >= 4 is 23.6 Å². The third kappa shape index (κ3) is 3.54. The van der Waals surface area contributed by atoms with Gasteiger partial charge in [0.05, 0.1) is 17.7 Å². The maximum atomic E-state index is 12.0. The lowest BCUT2D eigenvalue weighted by molar-refractivity contribution is -0.132. The number of thioether (sulfide) groups is 1. The van der Waals surface area contributed by atoms with Crippen molar-refractivity contribution < 1.29 is 9.59 Å². The van der Waals surface area contributed by atoms with Crippen LogP contribution in [0.15, 0.2) is 18.2 Å². The number of carbonyl (C=O) groups is 2. The first-order chi connectivity index (χ1) is 9.47. The summed E-state index contributed by atoms with van der Waals surface area (Å²) in [5.74, 6) is 1.04. The molecule has 0 spiro atoms. The lowest BCUT2D eigenvalue weighted by Crippen LogP contribution is -2.39. The van der Waals surface area contributed by atoms with Crippen LogP contribution in [0.5, 0.6) is 0 Å². The predicted octanol–water partition coefficient (Wildman–Crippen LogP) is 2.01. The third-order valence-corrected chi connectivity index (χ3v) is 4.38. The highest BCUT2D eigenvalue weighted by atomic mass is 32.2. The lowest BCUT2D eigenvalue weighted by Gasteiger charge is -2.20. The molecule has 4 nitrogen and oxygen atoms in total. The van der Waals surface area contributed by atoms with E-state index < -0.39 is 0 Å². The molecule has 0 saturated carbocycles. The van der Waals surface area contributed by atoms with Crippen LogP contribution in [-0.4, -0.2) is 34.9 Å². The Balaban J connectivity index is 1.96. The van der Waals surface area contributed by atoms with Crippen molar-refractivity contribution in [2.24, 2.45) is 0 Å². The second kappa shape index (κ2) is 6.31. The van der Waals surface area contributed by atoms with E-state index in [1.165, 1.54) is 5.56 Å². The SMILES string of the molecule is Cc1ccc(C)c([C@@H](C)NC(=O)CN2CSCC2=O)c1. The maximum Gasteiger partial charge on any atom is 0.240 e. The number of nitrogens with zero attached hydrogens (tertiary/aromatic N) is 1. The number of amides is 2. The number of hydrogen-bond donors (Lipinski definition) is 1. The zero-order valence-corrected chi connectivity index (χ0v) is 12.9. The first-order valence-corrected chi connectivity index (χ1v) is 7.85. The molecule has 0 aliphatic carbocycles. The van der Waals surface area contributed by atoms with Crippen LogP contribution in [-0.2, 0) is 9.59 Å². The molecule has 1 aliphatic rings. The number of hydrogen-bond acceptors (Lipinski definition) is 3. The van der Waals surface area contributed by atoms with Gasteiger partial charge in [0, 0.05) is 0 Å². The molecule has 1 N–H and O–H groups in total. The van der Waals surface area contributed by atoms with E-state index in [1.807, 2.05) is 20.8 Å². The second-order valence-corrected chi connectivity index (χ2v) is 6.17. The van der Waals surface area contributed by atoms with Crippen molar-refractivity contribution in [1.82, 2.24) is 10.2 Å². The Kier molecular flexibility index (Phi) is 4.70. The normalized spacial score (nSPS) is 16.4. The van der Waals surface area contributed by atoms with Crippen LogP contribution < -0.4 is 5.32 Å². The van der Waals surface area contributed by atoms with Crippen LogP contribution in [0.1, 0.15) is 29.7 Å². The van der Waals surface area contributed by atoms with Gasteiger partial charge in [-0.15, -0.1) is 11.8 Å². The van der Waals surface area contributed by atoms with Gasteiger partial charge < -0.3 is 10.2 Å².